The molecule has 0 saturated carbocycles. The van der Waals surface area contributed by atoms with Crippen LogP contribution in [0.15, 0.2) is 29.3 Å². The Balaban J connectivity index is 1.54. The van der Waals surface area contributed by atoms with Gasteiger partial charge in [0.05, 0.1) is 11.5 Å². The summed E-state index contributed by atoms with van der Waals surface area (Å²) in [6, 6.07) is 6.64. The van der Waals surface area contributed by atoms with E-state index < -0.39 is 17.6 Å². The normalized spacial score (nSPS) is 16.3. The summed E-state index contributed by atoms with van der Waals surface area (Å²) in [6.45, 7) is 1.71. The molecule has 0 unspecified atom stereocenters. The number of aliphatic imine (C=N–C) groups is 1. The minimum absolute atomic E-state index is 0.104. The fourth-order valence-corrected chi connectivity index (χ4v) is 3.75. The van der Waals surface area contributed by atoms with E-state index >= 15 is 0 Å². The standard InChI is InChI=1S/C21H32F3N5O2/c1-25-20(26-12-3-2-4-17-5-7-19(8-6-17)29(30)31)27-13-9-18-10-14-28(15-11-18)16-21(22,23)24/h5-8,18H,2-4,9-16H2,1H3,(H2,25,26,27). The molecule has 174 valence electrons. The molecule has 1 heterocycles. The number of non-ortho nitro benzene ring substituents is 1. The highest BCUT2D eigenvalue weighted by Crippen LogP contribution is 2.24. The number of nitrogens with zero attached hydrogens (tertiary/aromatic N) is 3. The molecule has 2 N–H and O–H groups in total. The molecule has 1 aromatic rings. The van der Waals surface area contributed by atoms with Crippen LogP contribution in [0.1, 0.15) is 37.7 Å². The van der Waals surface area contributed by atoms with Gasteiger partial charge in [-0.3, -0.25) is 20.0 Å². The Kier molecular flexibility index (Phi) is 10.0. The monoisotopic (exact) mass is 443 g/mol. The summed E-state index contributed by atoms with van der Waals surface area (Å²) in [5.41, 5.74) is 1.18. The Morgan fingerprint density at radius 1 is 1.16 bits per heavy atom. The molecule has 7 nitrogen and oxygen atoms in total. The lowest BCUT2D eigenvalue weighted by Crippen LogP contribution is -2.41. The maximum absolute atomic E-state index is 12.5. The third-order valence-corrected chi connectivity index (χ3v) is 5.51. The molecule has 10 heteroatoms. The van der Waals surface area contributed by atoms with Crippen molar-refractivity contribution in [1.82, 2.24) is 15.5 Å². The zero-order valence-corrected chi connectivity index (χ0v) is 18.0. The van der Waals surface area contributed by atoms with Crippen LogP contribution in [0.4, 0.5) is 18.9 Å². The van der Waals surface area contributed by atoms with Crippen LogP contribution in [0.3, 0.4) is 0 Å². The minimum Gasteiger partial charge on any atom is -0.356 e. The molecule has 0 amide bonds. The second-order valence-corrected chi connectivity index (χ2v) is 7.93. The van der Waals surface area contributed by atoms with Crippen LogP contribution in [0.25, 0.3) is 0 Å². The van der Waals surface area contributed by atoms with E-state index in [2.05, 4.69) is 15.6 Å². The lowest BCUT2D eigenvalue weighted by Gasteiger charge is -2.32. The number of nitro benzene ring substituents is 1. The largest absolute Gasteiger partial charge is 0.401 e. The summed E-state index contributed by atoms with van der Waals surface area (Å²) < 4.78 is 37.4. The Hall–Kier alpha value is -2.36. The van der Waals surface area contributed by atoms with E-state index in [1.54, 1.807) is 19.2 Å². The number of hydrogen-bond acceptors (Lipinski definition) is 4. The van der Waals surface area contributed by atoms with E-state index in [9.17, 15) is 23.3 Å². The number of piperidine rings is 1. The van der Waals surface area contributed by atoms with Crippen molar-refractivity contribution in [3.8, 4) is 0 Å². The topological polar surface area (TPSA) is 82.8 Å². The molecule has 1 aromatic carbocycles. The Labute approximate surface area is 181 Å². The van der Waals surface area contributed by atoms with Gasteiger partial charge in [0.1, 0.15) is 0 Å². The van der Waals surface area contributed by atoms with Gasteiger partial charge in [0.25, 0.3) is 5.69 Å². The maximum atomic E-state index is 12.5. The lowest BCUT2D eigenvalue weighted by molar-refractivity contribution is -0.384. The molecule has 0 aromatic heterocycles. The minimum atomic E-state index is -4.12. The molecule has 1 aliphatic rings. The number of aryl methyl sites for hydroxylation is 1. The number of guanidine groups is 1. The Bertz CT molecular complexity index is 702. The quantitative estimate of drug-likeness (QED) is 0.189. The first-order valence-electron chi connectivity index (χ1n) is 10.7. The van der Waals surface area contributed by atoms with E-state index in [1.165, 1.54) is 17.0 Å². The van der Waals surface area contributed by atoms with Gasteiger partial charge in [0, 0.05) is 32.3 Å². The molecule has 1 fully saturated rings. The first-order chi connectivity index (χ1) is 14.8. The van der Waals surface area contributed by atoms with Gasteiger partial charge in [0.2, 0.25) is 0 Å². The molecule has 0 bridgehead atoms. The third kappa shape index (κ3) is 9.99. The van der Waals surface area contributed by atoms with Crippen molar-refractivity contribution in [2.45, 2.75) is 44.7 Å². The number of unbranched alkanes of at least 4 members (excludes halogenated alkanes) is 1. The molecule has 1 aliphatic heterocycles. The summed E-state index contributed by atoms with van der Waals surface area (Å²) >= 11 is 0. The van der Waals surface area contributed by atoms with Crippen LogP contribution >= 0.6 is 0 Å². The fourth-order valence-electron chi connectivity index (χ4n) is 3.75. The summed E-state index contributed by atoms with van der Waals surface area (Å²) in [5.74, 6) is 1.17. The van der Waals surface area contributed by atoms with Gasteiger partial charge in [-0.05, 0) is 63.1 Å². The van der Waals surface area contributed by atoms with Crippen LogP contribution < -0.4 is 10.6 Å². The first kappa shape index (κ1) is 24.9. The highest BCUT2D eigenvalue weighted by molar-refractivity contribution is 5.79. The maximum Gasteiger partial charge on any atom is 0.401 e. The van der Waals surface area contributed by atoms with E-state index in [1.807, 2.05) is 0 Å². The van der Waals surface area contributed by atoms with Crippen molar-refractivity contribution < 1.29 is 18.1 Å². The molecule has 1 saturated heterocycles. The van der Waals surface area contributed by atoms with Crippen LogP contribution in [0, 0.1) is 16.0 Å². The SMILES string of the molecule is CN=C(NCCCCc1ccc([N+](=O)[O-])cc1)NCCC1CCN(CC(F)(F)F)CC1. The smallest absolute Gasteiger partial charge is 0.356 e. The van der Waals surface area contributed by atoms with Crippen LogP contribution in [-0.4, -0.2) is 61.7 Å². The average Bonchev–Trinajstić information content (AvgIpc) is 2.72. The molecule has 2 rings (SSSR count). The Morgan fingerprint density at radius 3 is 2.39 bits per heavy atom. The van der Waals surface area contributed by atoms with Gasteiger partial charge < -0.3 is 10.6 Å². The Morgan fingerprint density at radius 2 is 1.81 bits per heavy atom. The van der Waals surface area contributed by atoms with Gasteiger partial charge in [-0.1, -0.05) is 12.1 Å². The summed E-state index contributed by atoms with van der Waals surface area (Å²) in [6.07, 6.45) is 1.15. The number of alkyl halides is 3. The van der Waals surface area contributed by atoms with Gasteiger partial charge >= 0.3 is 6.18 Å². The summed E-state index contributed by atoms with van der Waals surface area (Å²) in [7, 11) is 1.71. The molecule has 0 spiro atoms. The van der Waals surface area contributed by atoms with E-state index in [-0.39, 0.29) is 5.69 Å². The highest BCUT2D eigenvalue weighted by Gasteiger charge is 2.32. The first-order valence-corrected chi connectivity index (χ1v) is 10.7. The number of hydrogen-bond donors (Lipinski definition) is 2. The summed E-state index contributed by atoms with van der Waals surface area (Å²) in [5, 5.41) is 17.2. The van der Waals surface area contributed by atoms with Crippen molar-refractivity contribution >= 4 is 11.6 Å². The number of halogens is 3. The zero-order valence-electron chi connectivity index (χ0n) is 18.0. The van der Waals surface area contributed by atoms with Crippen molar-refractivity contribution in [3.63, 3.8) is 0 Å². The number of nitrogens with one attached hydrogen (secondary N) is 2. The van der Waals surface area contributed by atoms with Crippen molar-refractivity contribution in [3.05, 3.63) is 39.9 Å². The molecule has 0 atom stereocenters. The van der Waals surface area contributed by atoms with Gasteiger partial charge in [0.15, 0.2) is 5.96 Å². The molecule has 0 aliphatic carbocycles. The predicted octanol–water partition coefficient (Wildman–Crippen LogP) is 3.75. The highest BCUT2D eigenvalue weighted by atomic mass is 19.4. The van der Waals surface area contributed by atoms with Crippen LogP contribution in [-0.2, 0) is 6.42 Å². The molecular formula is C21H32F3N5O2. The van der Waals surface area contributed by atoms with Crippen molar-refractivity contribution in [1.29, 1.82) is 0 Å². The van der Waals surface area contributed by atoms with Gasteiger partial charge in [-0.15, -0.1) is 0 Å². The molecule has 31 heavy (non-hydrogen) atoms. The van der Waals surface area contributed by atoms with Gasteiger partial charge in [-0.25, -0.2) is 0 Å². The number of benzene rings is 1. The van der Waals surface area contributed by atoms with Crippen LogP contribution in [0.5, 0.6) is 0 Å². The molecule has 0 radical (unpaired) electrons. The van der Waals surface area contributed by atoms with Crippen molar-refractivity contribution in [2.75, 3.05) is 39.8 Å². The number of rotatable bonds is 10. The predicted molar refractivity (Wildman–Crippen MR) is 115 cm³/mol. The lowest BCUT2D eigenvalue weighted by atomic mass is 9.93. The summed E-state index contributed by atoms with van der Waals surface area (Å²) in [4.78, 5) is 16.0. The third-order valence-electron chi connectivity index (χ3n) is 5.51. The van der Waals surface area contributed by atoms with E-state index in [4.69, 9.17) is 0 Å². The zero-order chi connectivity index (χ0) is 22.7. The van der Waals surface area contributed by atoms with Crippen LogP contribution in [0.2, 0.25) is 0 Å². The fraction of sp³-hybridized carbons (Fsp3) is 0.667. The number of nitro groups is 1. The second-order valence-electron chi connectivity index (χ2n) is 7.93. The van der Waals surface area contributed by atoms with Gasteiger partial charge in [-0.2, -0.15) is 13.2 Å². The average molecular weight is 444 g/mol. The van der Waals surface area contributed by atoms with Crippen molar-refractivity contribution in [2.24, 2.45) is 10.9 Å². The molecular weight excluding hydrogens is 411 g/mol. The number of likely N-dealkylation sites (tertiary alicyclic amines) is 1. The van der Waals surface area contributed by atoms with E-state index in [0.717, 1.165) is 63.1 Å². The second kappa shape index (κ2) is 12.5. The van der Waals surface area contributed by atoms with E-state index in [0.29, 0.717) is 19.0 Å².